The molecule has 3 fully saturated rings. The van der Waals surface area contributed by atoms with Crippen LogP contribution in [0.2, 0.25) is 0 Å². The van der Waals surface area contributed by atoms with Crippen LogP contribution < -0.4 is 0 Å². The predicted octanol–water partition coefficient (Wildman–Crippen LogP) is 0.887. The molecule has 0 aromatic heterocycles. The maximum Gasteiger partial charge on any atom is 0.335 e. The summed E-state index contributed by atoms with van der Waals surface area (Å²) < 4.78 is 22.3. The Hall–Kier alpha value is -0.690. The smallest absolute Gasteiger partial charge is 0.335 e. The van der Waals surface area contributed by atoms with Gasteiger partial charge in [0.15, 0.2) is 18.2 Å². The van der Waals surface area contributed by atoms with Gasteiger partial charge in [0.05, 0.1) is 0 Å². The van der Waals surface area contributed by atoms with E-state index in [4.69, 9.17) is 24.1 Å². The molecule has 3 aliphatic rings. The molecular formula is C12H18O6. The molecule has 2 saturated heterocycles. The second-order valence-electron chi connectivity index (χ2n) is 5.14. The van der Waals surface area contributed by atoms with Crippen molar-refractivity contribution in [2.75, 3.05) is 7.11 Å². The second-order valence-corrected chi connectivity index (χ2v) is 5.14. The summed E-state index contributed by atoms with van der Waals surface area (Å²) in [6, 6.07) is 0. The molecule has 102 valence electrons. The largest absolute Gasteiger partial charge is 0.479 e. The average Bonchev–Trinajstić information content (AvgIpc) is 2.85. The van der Waals surface area contributed by atoms with E-state index in [2.05, 4.69) is 0 Å². The Morgan fingerprint density at radius 1 is 1.22 bits per heavy atom. The molecule has 18 heavy (non-hydrogen) atoms. The minimum absolute atomic E-state index is 0.436. The maximum atomic E-state index is 11.2. The third kappa shape index (κ3) is 1.84. The molecule has 1 aliphatic carbocycles. The Bertz CT molecular complexity index is 337. The molecule has 1 spiro atoms. The molecule has 3 rings (SSSR count). The third-order valence-corrected chi connectivity index (χ3v) is 3.96. The Kier molecular flexibility index (Phi) is 3.05. The van der Waals surface area contributed by atoms with Gasteiger partial charge in [0.2, 0.25) is 0 Å². The lowest BCUT2D eigenvalue weighted by Gasteiger charge is -2.33. The van der Waals surface area contributed by atoms with Crippen molar-refractivity contribution in [3.8, 4) is 0 Å². The first-order valence-electron chi connectivity index (χ1n) is 6.42. The quantitative estimate of drug-likeness (QED) is 0.792. The van der Waals surface area contributed by atoms with Gasteiger partial charge in [-0.1, -0.05) is 6.42 Å². The first-order chi connectivity index (χ1) is 8.65. The van der Waals surface area contributed by atoms with Crippen LogP contribution in [0, 0.1) is 0 Å². The summed E-state index contributed by atoms with van der Waals surface area (Å²) in [5.74, 6) is -1.64. The Morgan fingerprint density at radius 2 is 1.89 bits per heavy atom. The number of hydrogen-bond acceptors (Lipinski definition) is 5. The first-order valence-corrected chi connectivity index (χ1v) is 6.42. The van der Waals surface area contributed by atoms with Crippen LogP contribution in [0.3, 0.4) is 0 Å². The Morgan fingerprint density at radius 3 is 2.50 bits per heavy atom. The minimum Gasteiger partial charge on any atom is -0.479 e. The van der Waals surface area contributed by atoms with Gasteiger partial charge < -0.3 is 24.1 Å². The molecule has 2 aliphatic heterocycles. The Balaban J connectivity index is 1.80. The van der Waals surface area contributed by atoms with E-state index >= 15 is 0 Å². The molecule has 0 amide bonds. The standard InChI is InChI=1S/C12H18O6/c1-15-11-9-7(8(16-11)10(13)14)17-12(18-9)5-3-2-4-6-12/h7-9,11H,2-6H2,1H3,(H,13,14)/t7-,8+,9-,11+/m1/s1. The van der Waals surface area contributed by atoms with Crippen LogP contribution in [0.5, 0.6) is 0 Å². The fraction of sp³-hybridized carbons (Fsp3) is 0.917. The van der Waals surface area contributed by atoms with Crippen molar-refractivity contribution in [1.82, 2.24) is 0 Å². The summed E-state index contributed by atoms with van der Waals surface area (Å²) in [6.07, 6.45) is 2.27. The van der Waals surface area contributed by atoms with Gasteiger partial charge in [-0.25, -0.2) is 4.79 Å². The highest BCUT2D eigenvalue weighted by Gasteiger charge is 2.60. The highest BCUT2D eigenvalue weighted by atomic mass is 16.8. The zero-order chi connectivity index (χ0) is 12.8. The van der Waals surface area contributed by atoms with Crippen LogP contribution in [0.25, 0.3) is 0 Å². The highest BCUT2D eigenvalue weighted by Crippen LogP contribution is 2.45. The molecule has 2 heterocycles. The number of carbonyl (C=O) groups is 1. The number of ether oxygens (including phenoxy) is 4. The third-order valence-electron chi connectivity index (χ3n) is 3.96. The lowest BCUT2D eigenvalue weighted by Crippen LogP contribution is -2.39. The van der Waals surface area contributed by atoms with Crippen LogP contribution >= 0.6 is 0 Å². The van der Waals surface area contributed by atoms with Gasteiger partial charge in [-0.05, 0) is 12.8 Å². The van der Waals surface area contributed by atoms with E-state index in [-0.39, 0.29) is 0 Å². The van der Waals surface area contributed by atoms with Crippen molar-refractivity contribution < 1.29 is 28.8 Å². The maximum absolute atomic E-state index is 11.2. The van der Waals surface area contributed by atoms with Gasteiger partial charge in [0.25, 0.3) is 0 Å². The summed E-state index contributed by atoms with van der Waals surface area (Å²) >= 11 is 0. The van der Waals surface area contributed by atoms with Crippen LogP contribution in [0.15, 0.2) is 0 Å². The molecular weight excluding hydrogens is 240 g/mol. The number of carboxylic acid groups (broad SMARTS) is 1. The summed E-state index contributed by atoms with van der Waals surface area (Å²) in [5.41, 5.74) is 0. The fourth-order valence-corrected chi connectivity index (χ4v) is 3.12. The number of carboxylic acids is 1. The zero-order valence-electron chi connectivity index (χ0n) is 10.3. The number of rotatable bonds is 2. The van der Waals surface area contributed by atoms with E-state index in [0.29, 0.717) is 0 Å². The lowest BCUT2D eigenvalue weighted by atomic mass is 9.94. The monoisotopic (exact) mass is 258 g/mol. The second kappa shape index (κ2) is 4.45. The van der Waals surface area contributed by atoms with Crippen LogP contribution in [0.4, 0.5) is 0 Å². The van der Waals surface area contributed by atoms with Gasteiger partial charge in [-0.3, -0.25) is 0 Å². The van der Waals surface area contributed by atoms with E-state index in [9.17, 15) is 4.79 Å². The van der Waals surface area contributed by atoms with Crippen molar-refractivity contribution in [1.29, 1.82) is 0 Å². The van der Waals surface area contributed by atoms with E-state index in [0.717, 1.165) is 25.7 Å². The van der Waals surface area contributed by atoms with Gasteiger partial charge in [0.1, 0.15) is 12.2 Å². The first kappa shape index (κ1) is 12.3. The average molecular weight is 258 g/mol. The van der Waals surface area contributed by atoms with Crippen LogP contribution in [-0.2, 0) is 23.7 Å². The van der Waals surface area contributed by atoms with Crippen molar-refractivity contribution in [2.45, 2.75) is 62.5 Å². The predicted molar refractivity (Wildman–Crippen MR) is 58.9 cm³/mol. The van der Waals surface area contributed by atoms with Crippen LogP contribution in [-0.4, -0.2) is 48.6 Å². The van der Waals surface area contributed by atoms with E-state index in [1.165, 1.54) is 13.5 Å². The molecule has 4 atom stereocenters. The highest BCUT2D eigenvalue weighted by molar-refractivity contribution is 5.73. The SMILES string of the molecule is CO[C@H]1O[C@H](C(=O)O)[C@H]2OC3(CCCCC3)O[C@@H]12. The number of methoxy groups -OCH3 is 1. The van der Waals surface area contributed by atoms with Crippen LogP contribution in [0.1, 0.15) is 32.1 Å². The summed E-state index contributed by atoms with van der Waals surface area (Å²) in [4.78, 5) is 11.2. The fourth-order valence-electron chi connectivity index (χ4n) is 3.12. The number of fused-ring (bicyclic) bond motifs is 1. The Labute approximate surface area is 105 Å². The van der Waals surface area contributed by atoms with E-state index < -0.39 is 36.4 Å². The van der Waals surface area contributed by atoms with Gasteiger partial charge >= 0.3 is 5.97 Å². The van der Waals surface area contributed by atoms with Crippen molar-refractivity contribution in [2.24, 2.45) is 0 Å². The molecule has 0 aromatic rings. The lowest BCUT2D eigenvalue weighted by molar-refractivity contribution is -0.251. The molecule has 0 unspecified atom stereocenters. The topological polar surface area (TPSA) is 74.2 Å². The number of aliphatic carboxylic acids is 1. The van der Waals surface area contributed by atoms with Crippen molar-refractivity contribution >= 4 is 5.97 Å². The molecule has 1 saturated carbocycles. The summed E-state index contributed by atoms with van der Waals surface area (Å²) in [7, 11) is 1.49. The molecule has 6 heteroatoms. The van der Waals surface area contributed by atoms with E-state index in [1.807, 2.05) is 0 Å². The van der Waals surface area contributed by atoms with Crippen molar-refractivity contribution in [3.63, 3.8) is 0 Å². The van der Waals surface area contributed by atoms with Gasteiger partial charge in [-0.2, -0.15) is 0 Å². The van der Waals surface area contributed by atoms with E-state index in [1.54, 1.807) is 0 Å². The van der Waals surface area contributed by atoms with Gasteiger partial charge in [0, 0.05) is 20.0 Å². The summed E-state index contributed by atoms with van der Waals surface area (Å²) in [6.45, 7) is 0. The molecule has 6 nitrogen and oxygen atoms in total. The summed E-state index contributed by atoms with van der Waals surface area (Å²) in [5, 5.41) is 9.14. The normalized spacial score (nSPS) is 42.1. The molecule has 0 radical (unpaired) electrons. The van der Waals surface area contributed by atoms with Gasteiger partial charge in [-0.15, -0.1) is 0 Å². The molecule has 0 bridgehead atoms. The minimum atomic E-state index is -1.03. The molecule has 1 N–H and O–H groups in total. The van der Waals surface area contributed by atoms with Crippen molar-refractivity contribution in [3.05, 3.63) is 0 Å². The molecule has 0 aromatic carbocycles. The number of hydrogen-bond donors (Lipinski definition) is 1. The zero-order valence-corrected chi connectivity index (χ0v) is 10.3.